The molecule has 0 aliphatic heterocycles. The van der Waals surface area contributed by atoms with Crippen molar-refractivity contribution in [1.29, 1.82) is 0 Å². The first-order valence-corrected chi connectivity index (χ1v) is 9.38. The average Bonchev–Trinajstić information content (AvgIpc) is 3.11. The molecule has 0 spiro atoms. The molecule has 23 heavy (non-hydrogen) atoms. The Kier molecular flexibility index (Phi) is 10.1. The van der Waals surface area contributed by atoms with Gasteiger partial charge < -0.3 is 10.6 Å². The number of halogens is 1. The molecule has 0 amide bonds. The highest BCUT2D eigenvalue weighted by Gasteiger charge is 2.14. The van der Waals surface area contributed by atoms with E-state index in [-0.39, 0.29) is 24.0 Å². The Morgan fingerprint density at radius 1 is 1.22 bits per heavy atom. The third-order valence-corrected chi connectivity index (χ3v) is 5.56. The van der Waals surface area contributed by atoms with Crippen LogP contribution in [0.5, 0.6) is 0 Å². The van der Waals surface area contributed by atoms with Gasteiger partial charge in [0.15, 0.2) is 5.96 Å². The van der Waals surface area contributed by atoms with Crippen molar-refractivity contribution >= 4 is 41.3 Å². The van der Waals surface area contributed by atoms with Crippen LogP contribution in [0.3, 0.4) is 0 Å². The number of hydrogen-bond acceptors (Lipinski definition) is 3. The van der Waals surface area contributed by atoms with Crippen LogP contribution in [0, 0.1) is 19.8 Å². The number of thiazole rings is 1. The second-order valence-electron chi connectivity index (χ2n) is 6.21. The summed E-state index contributed by atoms with van der Waals surface area (Å²) in [7, 11) is 1.84. The van der Waals surface area contributed by atoms with Crippen molar-refractivity contribution in [3.05, 3.63) is 15.6 Å². The van der Waals surface area contributed by atoms with Crippen molar-refractivity contribution in [3.63, 3.8) is 0 Å². The van der Waals surface area contributed by atoms with Crippen LogP contribution < -0.4 is 10.6 Å². The molecule has 0 bridgehead atoms. The van der Waals surface area contributed by atoms with Crippen LogP contribution in [-0.4, -0.2) is 31.1 Å². The fourth-order valence-corrected chi connectivity index (χ4v) is 4.15. The Balaban J connectivity index is 0.00000264. The maximum atomic E-state index is 4.47. The van der Waals surface area contributed by atoms with Crippen molar-refractivity contribution < 1.29 is 0 Å². The molecule has 6 heteroatoms. The van der Waals surface area contributed by atoms with E-state index in [9.17, 15) is 0 Å². The first kappa shape index (κ1) is 20.7. The number of aliphatic imine (C=N–C) groups is 1. The van der Waals surface area contributed by atoms with Crippen LogP contribution in [0.15, 0.2) is 4.99 Å². The van der Waals surface area contributed by atoms with Crippen molar-refractivity contribution in [3.8, 4) is 0 Å². The van der Waals surface area contributed by atoms with Gasteiger partial charge in [0, 0.05) is 31.4 Å². The van der Waals surface area contributed by atoms with E-state index in [0.717, 1.165) is 36.4 Å². The molecule has 1 aliphatic rings. The highest BCUT2D eigenvalue weighted by molar-refractivity contribution is 14.0. The van der Waals surface area contributed by atoms with Gasteiger partial charge in [0.2, 0.25) is 0 Å². The Bertz CT molecular complexity index is 481. The van der Waals surface area contributed by atoms with Gasteiger partial charge >= 0.3 is 0 Å². The first-order valence-electron chi connectivity index (χ1n) is 8.56. The quantitative estimate of drug-likeness (QED) is 0.285. The van der Waals surface area contributed by atoms with E-state index >= 15 is 0 Å². The van der Waals surface area contributed by atoms with Crippen LogP contribution in [0.2, 0.25) is 0 Å². The fraction of sp³-hybridized carbons (Fsp3) is 0.765. The molecule has 132 valence electrons. The molecule has 0 aromatic carbocycles. The lowest BCUT2D eigenvalue weighted by Crippen LogP contribution is -2.38. The minimum Gasteiger partial charge on any atom is -0.356 e. The third-order valence-electron chi connectivity index (χ3n) is 4.42. The number of nitrogens with zero attached hydrogens (tertiary/aromatic N) is 2. The topological polar surface area (TPSA) is 49.3 Å². The lowest BCUT2D eigenvalue weighted by Gasteiger charge is -2.13. The zero-order chi connectivity index (χ0) is 15.8. The largest absolute Gasteiger partial charge is 0.356 e. The number of aromatic nitrogens is 1. The number of hydrogen-bond donors (Lipinski definition) is 2. The molecule has 4 nitrogen and oxygen atoms in total. The van der Waals surface area contributed by atoms with Gasteiger partial charge in [-0.15, -0.1) is 35.3 Å². The Labute approximate surface area is 162 Å². The van der Waals surface area contributed by atoms with E-state index in [0.29, 0.717) is 0 Å². The summed E-state index contributed by atoms with van der Waals surface area (Å²) in [5.41, 5.74) is 1.17. The molecule has 0 unspecified atom stereocenters. The van der Waals surface area contributed by atoms with E-state index in [4.69, 9.17) is 0 Å². The van der Waals surface area contributed by atoms with Gasteiger partial charge in [-0.25, -0.2) is 4.98 Å². The van der Waals surface area contributed by atoms with Gasteiger partial charge in [0.05, 0.1) is 10.7 Å². The Morgan fingerprint density at radius 3 is 2.52 bits per heavy atom. The molecule has 0 saturated heterocycles. The summed E-state index contributed by atoms with van der Waals surface area (Å²) >= 11 is 1.80. The number of rotatable bonds is 7. The smallest absolute Gasteiger partial charge is 0.190 e. The fourth-order valence-electron chi connectivity index (χ4n) is 3.22. The zero-order valence-corrected chi connectivity index (χ0v) is 17.8. The van der Waals surface area contributed by atoms with Gasteiger partial charge in [-0.05, 0) is 32.6 Å². The van der Waals surface area contributed by atoms with Crippen molar-refractivity contribution in [2.45, 2.75) is 58.8 Å². The zero-order valence-electron chi connectivity index (χ0n) is 14.7. The van der Waals surface area contributed by atoms with Gasteiger partial charge in [-0.3, -0.25) is 4.99 Å². The van der Waals surface area contributed by atoms with Crippen LogP contribution >= 0.6 is 35.3 Å². The summed E-state index contributed by atoms with van der Waals surface area (Å²) in [6, 6.07) is 0. The van der Waals surface area contributed by atoms with E-state index in [1.54, 1.807) is 11.3 Å². The Hall–Kier alpha value is -0.370. The second kappa shape index (κ2) is 11.2. The van der Waals surface area contributed by atoms with Gasteiger partial charge in [0.1, 0.15) is 0 Å². The maximum Gasteiger partial charge on any atom is 0.190 e. The summed E-state index contributed by atoms with van der Waals surface area (Å²) in [6.45, 7) is 6.09. The predicted octanol–water partition coefficient (Wildman–Crippen LogP) is 4.06. The monoisotopic (exact) mass is 450 g/mol. The maximum absolute atomic E-state index is 4.47. The van der Waals surface area contributed by atoms with E-state index in [1.165, 1.54) is 49.1 Å². The van der Waals surface area contributed by atoms with Crippen molar-refractivity contribution in [2.75, 3.05) is 20.1 Å². The summed E-state index contributed by atoms with van der Waals surface area (Å²) in [6.07, 6.45) is 9.40. The molecule has 0 atom stereocenters. The molecular weight excluding hydrogens is 419 g/mol. The molecule has 1 aliphatic carbocycles. The highest BCUT2D eigenvalue weighted by atomic mass is 127. The van der Waals surface area contributed by atoms with Crippen molar-refractivity contribution in [2.24, 2.45) is 10.9 Å². The molecule has 1 aromatic heterocycles. The molecule has 2 N–H and O–H groups in total. The van der Waals surface area contributed by atoms with Gasteiger partial charge in [-0.1, -0.05) is 25.7 Å². The van der Waals surface area contributed by atoms with Gasteiger partial charge in [0.25, 0.3) is 0 Å². The lowest BCUT2D eigenvalue weighted by molar-refractivity contribution is 0.481. The van der Waals surface area contributed by atoms with Crippen LogP contribution in [0.1, 0.15) is 54.1 Å². The first-order chi connectivity index (χ1) is 10.7. The normalized spacial score (nSPS) is 15.5. The molecule has 0 radical (unpaired) electrons. The minimum absolute atomic E-state index is 0. The SMILES string of the molecule is CN=C(NCCCC1CCCC1)NCCc1sc(C)nc1C.I. The third kappa shape index (κ3) is 7.37. The van der Waals surface area contributed by atoms with E-state index in [2.05, 4.69) is 34.5 Å². The number of nitrogens with one attached hydrogen (secondary N) is 2. The summed E-state index contributed by atoms with van der Waals surface area (Å²) in [5, 5.41) is 7.98. The summed E-state index contributed by atoms with van der Waals surface area (Å²) < 4.78 is 0. The van der Waals surface area contributed by atoms with Crippen LogP contribution in [-0.2, 0) is 6.42 Å². The van der Waals surface area contributed by atoms with Crippen LogP contribution in [0.4, 0.5) is 0 Å². The lowest BCUT2D eigenvalue weighted by atomic mass is 10.0. The molecule has 1 heterocycles. The van der Waals surface area contributed by atoms with E-state index in [1.807, 2.05) is 7.05 Å². The summed E-state index contributed by atoms with van der Waals surface area (Å²) in [5.74, 6) is 1.90. The molecule has 1 saturated carbocycles. The summed E-state index contributed by atoms with van der Waals surface area (Å²) in [4.78, 5) is 10.1. The molecule has 2 rings (SSSR count). The van der Waals surface area contributed by atoms with Crippen molar-refractivity contribution in [1.82, 2.24) is 15.6 Å². The Morgan fingerprint density at radius 2 is 1.91 bits per heavy atom. The molecule has 1 fully saturated rings. The van der Waals surface area contributed by atoms with Crippen LogP contribution in [0.25, 0.3) is 0 Å². The predicted molar refractivity (Wildman–Crippen MR) is 111 cm³/mol. The number of guanidine groups is 1. The second-order valence-corrected chi connectivity index (χ2v) is 7.50. The average molecular weight is 450 g/mol. The standard InChI is InChI=1S/C17H30N4S.HI/c1-13-16(22-14(2)21-13)10-12-20-17(18-3)19-11-6-9-15-7-4-5-8-15;/h15H,4-12H2,1-3H3,(H2,18,19,20);1H. The molecule has 1 aromatic rings. The number of aryl methyl sites for hydroxylation is 2. The highest BCUT2D eigenvalue weighted by Crippen LogP contribution is 2.28. The van der Waals surface area contributed by atoms with Gasteiger partial charge in [-0.2, -0.15) is 0 Å². The minimum atomic E-state index is 0. The van der Waals surface area contributed by atoms with E-state index < -0.39 is 0 Å². The molecular formula is C17H31IN4S.